The number of amides is 3. The van der Waals surface area contributed by atoms with Gasteiger partial charge in [-0.15, -0.1) is 0 Å². The van der Waals surface area contributed by atoms with E-state index in [1.54, 1.807) is 65.6 Å². The number of rotatable bonds is 11. The Morgan fingerprint density at radius 2 is 1.33 bits per heavy atom. The lowest BCUT2D eigenvalue weighted by atomic mass is 10.1. The van der Waals surface area contributed by atoms with Crippen molar-refractivity contribution in [3.8, 4) is 0 Å². The fraction of sp³-hybridized carbons (Fsp3) is 0.148. The molecule has 0 spiro atoms. The molecule has 0 bridgehead atoms. The summed E-state index contributed by atoms with van der Waals surface area (Å²) in [7, 11) is 0. The van der Waals surface area contributed by atoms with Crippen molar-refractivity contribution >= 4 is 29.1 Å². The van der Waals surface area contributed by atoms with Crippen molar-refractivity contribution < 1.29 is 23.2 Å². The van der Waals surface area contributed by atoms with Crippen LogP contribution in [0, 0.1) is 0 Å². The standard InChI is InChI=1S/C27H26N4O5/c32-25(29-20-8-2-1-3-9-20)18-31(17-22-11-7-15-36-22)19-26(33)30-24-13-5-4-12-23(24)27(34)28-16-21-10-6-14-35-21/h1-15H,16-19H2,(H,28,34)(H,29,32)(H,30,33). The number of carbonyl (C=O) groups excluding carboxylic acids is 3. The molecule has 0 aliphatic rings. The lowest BCUT2D eigenvalue weighted by Gasteiger charge is -2.21. The Labute approximate surface area is 208 Å². The third kappa shape index (κ3) is 7.18. The number of hydrogen-bond acceptors (Lipinski definition) is 6. The second-order valence-electron chi connectivity index (χ2n) is 7.99. The lowest BCUT2D eigenvalue weighted by molar-refractivity contribution is -0.120. The van der Waals surface area contributed by atoms with Crippen molar-refractivity contribution in [1.82, 2.24) is 10.2 Å². The van der Waals surface area contributed by atoms with E-state index in [4.69, 9.17) is 8.83 Å². The minimum atomic E-state index is -0.375. The molecule has 0 saturated heterocycles. The van der Waals surface area contributed by atoms with Crippen molar-refractivity contribution in [2.75, 3.05) is 23.7 Å². The van der Waals surface area contributed by atoms with Gasteiger partial charge in [0.1, 0.15) is 11.5 Å². The van der Waals surface area contributed by atoms with Crippen LogP contribution in [0.4, 0.5) is 11.4 Å². The van der Waals surface area contributed by atoms with Gasteiger partial charge in [0.2, 0.25) is 11.8 Å². The van der Waals surface area contributed by atoms with Gasteiger partial charge in [-0.1, -0.05) is 30.3 Å². The van der Waals surface area contributed by atoms with Crippen LogP contribution in [0.1, 0.15) is 21.9 Å². The fourth-order valence-electron chi connectivity index (χ4n) is 3.57. The molecule has 9 nitrogen and oxygen atoms in total. The predicted octanol–water partition coefficient (Wildman–Crippen LogP) is 3.88. The highest BCUT2D eigenvalue weighted by atomic mass is 16.3. The number of nitrogens with one attached hydrogen (secondary N) is 3. The number of hydrogen-bond donors (Lipinski definition) is 3. The number of carbonyl (C=O) groups is 3. The molecule has 3 amide bonds. The molecule has 2 aromatic heterocycles. The van der Waals surface area contributed by atoms with Crippen LogP contribution >= 0.6 is 0 Å². The first kappa shape index (κ1) is 24.5. The number of para-hydroxylation sites is 2. The van der Waals surface area contributed by atoms with Crippen molar-refractivity contribution in [3.63, 3.8) is 0 Å². The quantitative estimate of drug-likeness (QED) is 0.296. The average molecular weight is 487 g/mol. The van der Waals surface area contributed by atoms with Crippen LogP contribution < -0.4 is 16.0 Å². The summed E-state index contributed by atoms with van der Waals surface area (Å²) in [5.41, 5.74) is 1.35. The van der Waals surface area contributed by atoms with E-state index in [-0.39, 0.29) is 43.9 Å². The molecule has 0 fully saturated rings. The van der Waals surface area contributed by atoms with Gasteiger partial charge in [0.15, 0.2) is 0 Å². The van der Waals surface area contributed by atoms with Crippen LogP contribution in [0.2, 0.25) is 0 Å². The van der Waals surface area contributed by atoms with Gasteiger partial charge in [-0.3, -0.25) is 19.3 Å². The molecule has 36 heavy (non-hydrogen) atoms. The number of furan rings is 2. The molecule has 2 aromatic carbocycles. The van der Waals surface area contributed by atoms with E-state index in [2.05, 4.69) is 16.0 Å². The summed E-state index contributed by atoms with van der Waals surface area (Å²) >= 11 is 0. The molecule has 9 heteroatoms. The average Bonchev–Trinajstić information content (AvgIpc) is 3.58. The Bertz CT molecular complexity index is 1270. The van der Waals surface area contributed by atoms with E-state index in [0.29, 0.717) is 28.5 Å². The van der Waals surface area contributed by atoms with Gasteiger partial charge in [0.25, 0.3) is 5.91 Å². The van der Waals surface area contributed by atoms with Gasteiger partial charge in [-0.25, -0.2) is 0 Å². The maximum absolute atomic E-state index is 12.9. The normalized spacial score (nSPS) is 10.7. The summed E-state index contributed by atoms with van der Waals surface area (Å²) in [6.07, 6.45) is 3.07. The first-order chi connectivity index (χ1) is 17.6. The Morgan fingerprint density at radius 1 is 0.694 bits per heavy atom. The van der Waals surface area contributed by atoms with E-state index in [9.17, 15) is 14.4 Å². The minimum Gasteiger partial charge on any atom is -0.468 e. The SMILES string of the molecule is O=C(CN(CC(=O)Nc1ccccc1C(=O)NCc1ccco1)Cc1ccco1)Nc1ccccc1. The third-order valence-corrected chi connectivity index (χ3v) is 5.20. The monoisotopic (exact) mass is 486 g/mol. The van der Waals surface area contributed by atoms with Crippen molar-refractivity contribution in [3.05, 3.63) is 108 Å². The van der Waals surface area contributed by atoms with Gasteiger partial charge in [-0.2, -0.15) is 0 Å². The number of benzene rings is 2. The van der Waals surface area contributed by atoms with Crippen molar-refractivity contribution in [2.24, 2.45) is 0 Å². The van der Waals surface area contributed by atoms with Crippen LogP contribution in [0.15, 0.2) is 100 Å². The van der Waals surface area contributed by atoms with Crippen molar-refractivity contribution in [1.29, 1.82) is 0 Å². The van der Waals surface area contributed by atoms with Gasteiger partial charge >= 0.3 is 0 Å². The Morgan fingerprint density at radius 3 is 2.03 bits per heavy atom. The highest BCUT2D eigenvalue weighted by Gasteiger charge is 2.19. The smallest absolute Gasteiger partial charge is 0.253 e. The molecule has 3 N–H and O–H groups in total. The predicted molar refractivity (Wildman–Crippen MR) is 134 cm³/mol. The molecule has 0 radical (unpaired) electrons. The molecule has 2 heterocycles. The van der Waals surface area contributed by atoms with Crippen molar-refractivity contribution in [2.45, 2.75) is 13.1 Å². The molecule has 0 unspecified atom stereocenters. The molecule has 0 aliphatic heterocycles. The zero-order valence-electron chi connectivity index (χ0n) is 19.5. The molecule has 4 rings (SSSR count). The molecular weight excluding hydrogens is 460 g/mol. The van der Waals surface area contributed by atoms with E-state index in [1.807, 2.05) is 18.2 Å². The van der Waals surface area contributed by atoms with Crippen LogP contribution in [0.3, 0.4) is 0 Å². The molecule has 0 saturated carbocycles. The van der Waals surface area contributed by atoms with E-state index < -0.39 is 0 Å². The molecule has 0 atom stereocenters. The highest BCUT2D eigenvalue weighted by Crippen LogP contribution is 2.16. The summed E-state index contributed by atoms with van der Waals surface area (Å²) in [6, 6.07) is 22.8. The highest BCUT2D eigenvalue weighted by molar-refractivity contribution is 6.04. The zero-order valence-corrected chi connectivity index (χ0v) is 19.5. The Hall–Kier alpha value is -4.63. The van der Waals surface area contributed by atoms with Crippen LogP contribution in [0.25, 0.3) is 0 Å². The number of nitrogens with zero attached hydrogens (tertiary/aromatic N) is 1. The Balaban J connectivity index is 1.39. The summed E-state index contributed by atoms with van der Waals surface area (Å²) in [5, 5.41) is 8.39. The molecule has 184 valence electrons. The third-order valence-electron chi connectivity index (χ3n) is 5.20. The topological polar surface area (TPSA) is 117 Å². The lowest BCUT2D eigenvalue weighted by Crippen LogP contribution is -2.38. The summed E-state index contributed by atoms with van der Waals surface area (Å²) in [5.74, 6) is 0.246. The maximum Gasteiger partial charge on any atom is 0.253 e. The zero-order chi connectivity index (χ0) is 25.2. The second kappa shape index (κ2) is 12.2. The summed E-state index contributed by atoms with van der Waals surface area (Å²) < 4.78 is 10.6. The van der Waals surface area contributed by atoms with E-state index >= 15 is 0 Å². The maximum atomic E-state index is 12.9. The number of anilines is 2. The summed E-state index contributed by atoms with van der Waals surface area (Å²) in [4.78, 5) is 40.0. The first-order valence-electron chi connectivity index (χ1n) is 11.4. The second-order valence-corrected chi connectivity index (χ2v) is 7.99. The summed E-state index contributed by atoms with van der Waals surface area (Å²) in [6.45, 7) is 0.356. The van der Waals surface area contributed by atoms with Crippen LogP contribution in [-0.2, 0) is 22.7 Å². The van der Waals surface area contributed by atoms with Gasteiger partial charge in [0, 0.05) is 5.69 Å². The van der Waals surface area contributed by atoms with Crippen LogP contribution in [0.5, 0.6) is 0 Å². The first-order valence-corrected chi connectivity index (χ1v) is 11.4. The van der Waals surface area contributed by atoms with E-state index in [1.165, 1.54) is 12.5 Å². The van der Waals surface area contributed by atoms with Gasteiger partial charge in [-0.05, 0) is 48.5 Å². The largest absolute Gasteiger partial charge is 0.468 e. The van der Waals surface area contributed by atoms with Crippen LogP contribution in [-0.4, -0.2) is 35.7 Å². The fourth-order valence-corrected chi connectivity index (χ4v) is 3.57. The van der Waals surface area contributed by atoms with E-state index in [0.717, 1.165) is 0 Å². The molecule has 0 aliphatic carbocycles. The Kier molecular flexibility index (Phi) is 8.29. The molecule has 4 aromatic rings. The minimum absolute atomic E-state index is 0.0334. The van der Waals surface area contributed by atoms with Gasteiger partial charge < -0.3 is 24.8 Å². The van der Waals surface area contributed by atoms with Gasteiger partial charge in [0.05, 0.1) is 50.0 Å². The molecular formula is C27H26N4O5.